The maximum Gasteiger partial charge on any atom is 0.234 e. The first kappa shape index (κ1) is 13.5. The van der Waals surface area contributed by atoms with Crippen molar-refractivity contribution in [3.63, 3.8) is 0 Å². The predicted molar refractivity (Wildman–Crippen MR) is 72.8 cm³/mol. The Balaban J connectivity index is 1.69. The molecule has 100 valence electrons. The molecule has 0 aliphatic carbocycles. The average molecular weight is 268 g/mol. The van der Waals surface area contributed by atoms with Crippen LogP contribution in [0.1, 0.15) is 16.9 Å². The zero-order chi connectivity index (χ0) is 12.8. The van der Waals surface area contributed by atoms with Gasteiger partial charge < -0.3 is 10.1 Å². The van der Waals surface area contributed by atoms with E-state index < -0.39 is 0 Å². The first-order chi connectivity index (χ1) is 8.79. The zero-order valence-electron chi connectivity index (χ0n) is 10.8. The van der Waals surface area contributed by atoms with Gasteiger partial charge >= 0.3 is 0 Å². The molecule has 1 N–H and O–H groups in total. The summed E-state index contributed by atoms with van der Waals surface area (Å²) in [7, 11) is 1.67. The van der Waals surface area contributed by atoms with Crippen LogP contribution in [0.4, 0.5) is 0 Å². The second-order valence-corrected chi connectivity index (χ2v) is 5.53. The molecule has 2 heterocycles. The van der Waals surface area contributed by atoms with Gasteiger partial charge in [0.2, 0.25) is 5.91 Å². The van der Waals surface area contributed by atoms with E-state index in [0.717, 1.165) is 25.9 Å². The SMILES string of the molecule is COCCCNC(=O)CN1CCc2sccc2C1. The molecule has 0 bridgehead atoms. The lowest BCUT2D eigenvalue weighted by Gasteiger charge is -2.26. The number of methoxy groups -OCH3 is 1. The molecule has 1 amide bonds. The maximum absolute atomic E-state index is 11.7. The van der Waals surface area contributed by atoms with Gasteiger partial charge in [-0.25, -0.2) is 0 Å². The zero-order valence-corrected chi connectivity index (χ0v) is 11.6. The summed E-state index contributed by atoms with van der Waals surface area (Å²) in [6, 6.07) is 2.17. The number of hydrogen-bond donors (Lipinski definition) is 1. The summed E-state index contributed by atoms with van der Waals surface area (Å²) < 4.78 is 4.94. The minimum absolute atomic E-state index is 0.116. The van der Waals surface area contributed by atoms with Crippen molar-refractivity contribution >= 4 is 17.2 Å². The third-order valence-electron chi connectivity index (χ3n) is 3.10. The van der Waals surface area contributed by atoms with Gasteiger partial charge in [-0.15, -0.1) is 11.3 Å². The van der Waals surface area contributed by atoms with E-state index in [1.54, 1.807) is 7.11 Å². The van der Waals surface area contributed by atoms with Crippen molar-refractivity contribution in [3.05, 3.63) is 21.9 Å². The number of amides is 1. The molecule has 4 nitrogen and oxygen atoms in total. The Labute approximate surface area is 112 Å². The fraction of sp³-hybridized carbons (Fsp3) is 0.615. The quantitative estimate of drug-likeness (QED) is 0.790. The molecule has 0 unspecified atom stereocenters. The fourth-order valence-electron chi connectivity index (χ4n) is 2.15. The van der Waals surface area contributed by atoms with Crippen LogP contribution in [-0.4, -0.2) is 44.2 Å². The highest BCUT2D eigenvalue weighted by Gasteiger charge is 2.18. The molecule has 0 saturated carbocycles. The van der Waals surface area contributed by atoms with Crippen LogP contribution in [-0.2, 0) is 22.5 Å². The van der Waals surface area contributed by atoms with Crippen molar-refractivity contribution in [2.45, 2.75) is 19.4 Å². The second kappa shape index (κ2) is 6.87. The molecule has 0 atom stereocenters. The third-order valence-corrected chi connectivity index (χ3v) is 4.12. The summed E-state index contributed by atoms with van der Waals surface area (Å²) in [5.74, 6) is 0.116. The van der Waals surface area contributed by atoms with Crippen molar-refractivity contribution in [2.75, 3.05) is 33.4 Å². The topological polar surface area (TPSA) is 41.6 Å². The smallest absolute Gasteiger partial charge is 0.234 e. The number of thiophene rings is 1. The first-order valence-corrected chi connectivity index (χ1v) is 7.21. The Morgan fingerprint density at radius 1 is 1.61 bits per heavy atom. The van der Waals surface area contributed by atoms with E-state index in [-0.39, 0.29) is 5.91 Å². The molecular formula is C13H20N2O2S. The van der Waals surface area contributed by atoms with Gasteiger partial charge in [-0.05, 0) is 29.9 Å². The highest BCUT2D eigenvalue weighted by Crippen LogP contribution is 2.23. The van der Waals surface area contributed by atoms with E-state index in [0.29, 0.717) is 19.7 Å². The van der Waals surface area contributed by atoms with Crippen LogP contribution < -0.4 is 5.32 Å². The van der Waals surface area contributed by atoms with Crippen LogP contribution >= 0.6 is 11.3 Å². The Morgan fingerprint density at radius 2 is 2.50 bits per heavy atom. The number of nitrogens with zero attached hydrogens (tertiary/aromatic N) is 1. The Morgan fingerprint density at radius 3 is 3.33 bits per heavy atom. The molecule has 0 aromatic carbocycles. The summed E-state index contributed by atoms with van der Waals surface area (Å²) in [6.45, 7) is 3.79. The highest BCUT2D eigenvalue weighted by molar-refractivity contribution is 7.10. The number of nitrogens with one attached hydrogen (secondary N) is 1. The van der Waals surface area contributed by atoms with Gasteiger partial charge in [0, 0.05) is 38.2 Å². The van der Waals surface area contributed by atoms with Gasteiger partial charge in [0.25, 0.3) is 0 Å². The van der Waals surface area contributed by atoms with E-state index in [1.165, 1.54) is 10.4 Å². The molecule has 0 saturated heterocycles. The summed E-state index contributed by atoms with van der Waals surface area (Å²) in [6.07, 6.45) is 1.95. The van der Waals surface area contributed by atoms with Gasteiger partial charge in [0.1, 0.15) is 0 Å². The van der Waals surface area contributed by atoms with E-state index in [9.17, 15) is 4.79 Å². The lowest BCUT2D eigenvalue weighted by Crippen LogP contribution is -2.39. The highest BCUT2D eigenvalue weighted by atomic mass is 32.1. The van der Waals surface area contributed by atoms with Crippen LogP contribution in [0.3, 0.4) is 0 Å². The monoisotopic (exact) mass is 268 g/mol. The molecule has 2 rings (SSSR count). The van der Waals surface area contributed by atoms with Crippen molar-refractivity contribution in [3.8, 4) is 0 Å². The molecule has 1 aliphatic rings. The molecule has 1 aliphatic heterocycles. The molecule has 1 aromatic heterocycles. The normalized spacial score (nSPS) is 15.4. The molecular weight excluding hydrogens is 248 g/mol. The minimum Gasteiger partial charge on any atom is -0.385 e. The molecule has 0 spiro atoms. The van der Waals surface area contributed by atoms with E-state index in [4.69, 9.17) is 4.74 Å². The number of fused-ring (bicyclic) bond motifs is 1. The van der Waals surface area contributed by atoms with Crippen LogP contribution in [0.15, 0.2) is 11.4 Å². The Hall–Kier alpha value is -0.910. The first-order valence-electron chi connectivity index (χ1n) is 6.33. The predicted octanol–water partition coefficient (Wildman–Crippen LogP) is 1.26. The van der Waals surface area contributed by atoms with Crippen LogP contribution in [0.5, 0.6) is 0 Å². The number of carbonyl (C=O) groups excluding carboxylic acids is 1. The maximum atomic E-state index is 11.7. The number of ether oxygens (including phenoxy) is 1. The van der Waals surface area contributed by atoms with E-state index >= 15 is 0 Å². The second-order valence-electron chi connectivity index (χ2n) is 4.53. The van der Waals surface area contributed by atoms with Gasteiger partial charge in [-0.1, -0.05) is 0 Å². The minimum atomic E-state index is 0.116. The van der Waals surface area contributed by atoms with Crippen molar-refractivity contribution in [1.82, 2.24) is 10.2 Å². The Kier molecular flexibility index (Phi) is 5.16. The molecule has 1 aromatic rings. The van der Waals surface area contributed by atoms with E-state index in [1.807, 2.05) is 11.3 Å². The van der Waals surface area contributed by atoms with Crippen LogP contribution in [0.25, 0.3) is 0 Å². The van der Waals surface area contributed by atoms with Crippen molar-refractivity contribution < 1.29 is 9.53 Å². The van der Waals surface area contributed by atoms with Crippen molar-refractivity contribution in [1.29, 1.82) is 0 Å². The summed E-state index contributed by atoms with van der Waals surface area (Å²) in [4.78, 5) is 15.4. The molecule has 0 radical (unpaired) electrons. The largest absolute Gasteiger partial charge is 0.385 e. The van der Waals surface area contributed by atoms with Crippen molar-refractivity contribution in [2.24, 2.45) is 0 Å². The van der Waals surface area contributed by atoms with Gasteiger partial charge in [0.15, 0.2) is 0 Å². The number of carbonyl (C=O) groups is 1. The summed E-state index contributed by atoms with van der Waals surface area (Å²) in [5, 5.41) is 5.06. The van der Waals surface area contributed by atoms with Gasteiger partial charge in [0.05, 0.1) is 6.54 Å². The molecule has 5 heteroatoms. The lowest BCUT2D eigenvalue weighted by atomic mass is 10.1. The fourth-order valence-corrected chi connectivity index (χ4v) is 3.03. The third kappa shape index (κ3) is 3.80. The van der Waals surface area contributed by atoms with Gasteiger partial charge in [-0.2, -0.15) is 0 Å². The van der Waals surface area contributed by atoms with Gasteiger partial charge in [-0.3, -0.25) is 9.69 Å². The lowest BCUT2D eigenvalue weighted by molar-refractivity contribution is -0.122. The molecule has 18 heavy (non-hydrogen) atoms. The number of rotatable bonds is 6. The summed E-state index contributed by atoms with van der Waals surface area (Å²) in [5.41, 5.74) is 1.39. The van der Waals surface area contributed by atoms with E-state index in [2.05, 4.69) is 21.7 Å². The average Bonchev–Trinajstić information content (AvgIpc) is 2.82. The van der Waals surface area contributed by atoms with Crippen LogP contribution in [0.2, 0.25) is 0 Å². The summed E-state index contributed by atoms with van der Waals surface area (Å²) >= 11 is 1.82. The molecule has 0 fully saturated rings. The standard InChI is InChI=1S/C13H20N2O2S/c1-17-7-2-5-14-13(16)10-15-6-3-12-11(9-15)4-8-18-12/h4,8H,2-3,5-7,9-10H2,1H3,(H,14,16). The Bertz CT molecular complexity index is 392. The number of hydrogen-bond acceptors (Lipinski definition) is 4. The van der Waals surface area contributed by atoms with Crippen LogP contribution in [0, 0.1) is 0 Å².